The van der Waals surface area contributed by atoms with Crippen LogP contribution in [0.1, 0.15) is 37.4 Å². The van der Waals surface area contributed by atoms with E-state index >= 15 is 0 Å². The molecule has 2 aromatic rings. The summed E-state index contributed by atoms with van der Waals surface area (Å²) in [6.07, 6.45) is 4.44. The summed E-state index contributed by atoms with van der Waals surface area (Å²) in [6, 6.07) is 7.08. The molecule has 0 bridgehead atoms. The number of hydrogen-bond acceptors (Lipinski definition) is 5. The Balaban J connectivity index is 1.45. The third-order valence-corrected chi connectivity index (χ3v) is 4.66. The Morgan fingerprint density at radius 3 is 2.71 bits per heavy atom. The summed E-state index contributed by atoms with van der Waals surface area (Å²) in [7, 11) is 0. The van der Waals surface area contributed by atoms with Gasteiger partial charge in [-0.1, -0.05) is 33.9 Å². The number of nitrogens with two attached hydrogens (primary N) is 1. The van der Waals surface area contributed by atoms with Gasteiger partial charge in [0.2, 0.25) is 5.89 Å². The standard InChI is InChI=1S/C16H20BrN5O2/c17-11-3-5-12(6-4-11)20-15(23)19-10-7-13-21-14(22-24-13)16(18)8-1-2-9-16/h3-6H,1-2,7-10,18H2,(H2,19,20,23). The van der Waals surface area contributed by atoms with Crippen molar-refractivity contribution in [1.82, 2.24) is 15.5 Å². The average Bonchev–Trinajstić information content (AvgIpc) is 3.20. The lowest BCUT2D eigenvalue weighted by Gasteiger charge is -2.17. The first-order chi connectivity index (χ1) is 11.5. The molecule has 3 rings (SSSR count). The molecule has 0 aliphatic heterocycles. The van der Waals surface area contributed by atoms with Gasteiger partial charge in [0.05, 0.1) is 5.54 Å². The van der Waals surface area contributed by atoms with Gasteiger partial charge in [0.1, 0.15) is 0 Å². The molecule has 24 heavy (non-hydrogen) atoms. The van der Waals surface area contributed by atoms with Gasteiger partial charge in [0.15, 0.2) is 5.82 Å². The van der Waals surface area contributed by atoms with Gasteiger partial charge < -0.3 is 20.9 Å². The Morgan fingerprint density at radius 1 is 1.29 bits per heavy atom. The van der Waals surface area contributed by atoms with Crippen molar-refractivity contribution in [2.75, 3.05) is 11.9 Å². The number of nitrogens with zero attached hydrogens (tertiary/aromatic N) is 2. The number of aromatic nitrogens is 2. The molecule has 0 spiro atoms. The predicted octanol–water partition coefficient (Wildman–Crippen LogP) is 2.92. The first-order valence-electron chi connectivity index (χ1n) is 7.97. The van der Waals surface area contributed by atoms with Crippen LogP contribution in [0.2, 0.25) is 0 Å². The number of amides is 2. The third-order valence-electron chi connectivity index (χ3n) is 4.14. The minimum atomic E-state index is -0.450. The lowest BCUT2D eigenvalue weighted by molar-refractivity contribution is 0.252. The van der Waals surface area contributed by atoms with Crippen molar-refractivity contribution in [3.05, 3.63) is 40.5 Å². The zero-order valence-electron chi connectivity index (χ0n) is 13.2. The first-order valence-corrected chi connectivity index (χ1v) is 8.77. The fourth-order valence-electron chi connectivity index (χ4n) is 2.78. The van der Waals surface area contributed by atoms with Crippen LogP contribution in [-0.2, 0) is 12.0 Å². The molecular formula is C16H20BrN5O2. The maximum absolute atomic E-state index is 11.8. The Bertz CT molecular complexity index is 695. The quantitative estimate of drug-likeness (QED) is 0.723. The zero-order chi connectivity index (χ0) is 17.0. The van der Waals surface area contributed by atoms with Crippen LogP contribution < -0.4 is 16.4 Å². The summed E-state index contributed by atoms with van der Waals surface area (Å²) in [5.41, 5.74) is 6.57. The van der Waals surface area contributed by atoms with Crippen molar-refractivity contribution >= 4 is 27.6 Å². The molecule has 7 nitrogen and oxygen atoms in total. The monoisotopic (exact) mass is 393 g/mol. The van der Waals surface area contributed by atoms with E-state index in [1.54, 1.807) is 0 Å². The highest BCUT2D eigenvalue weighted by Crippen LogP contribution is 2.34. The van der Waals surface area contributed by atoms with Crippen LogP contribution in [0.15, 0.2) is 33.3 Å². The number of benzene rings is 1. The summed E-state index contributed by atoms with van der Waals surface area (Å²) in [5, 5.41) is 9.52. The first kappa shape index (κ1) is 16.9. The molecule has 1 aromatic heterocycles. The van der Waals surface area contributed by atoms with Gasteiger partial charge in [0, 0.05) is 23.1 Å². The second-order valence-electron chi connectivity index (χ2n) is 6.01. The predicted molar refractivity (Wildman–Crippen MR) is 93.5 cm³/mol. The van der Waals surface area contributed by atoms with Crippen molar-refractivity contribution in [1.29, 1.82) is 0 Å². The lowest BCUT2D eigenvalue weighted by Crippen LogP contribution is -2.34. The van der Waals surface area contributed by atoms with Crippen LogP contribution in [0.5, 0.6) is 0 Å². The molecule has 1 heterocycles. The molecule has 0 radical (unpaired) electrons. The molecule has 1 fully saturated rings. The van der Waals surface area contributed by atoms with Gasteiger partial charge in [0.25, 0.3) is 0 Å². The number of carbonyl (C=O) groups excluding carboxylic acids is 1. The van der Waals surface area contributed by atoms with E-state index < -0.39 is 5.54 Å². The van der Waals surface area contributed by atoms with E-state index in [9.17, 15) is 4.79 Å². The highest BCUT2D eigenvalue weighted by Gasteiger charge is 2.35. The summed E-state index contributed by atoms with van der Waals surface area (Å²) in [5.74, 6) is 1.07. The zero-order valence-corrected chi connectivity index (χ0v) is 14.8. The molecule has 0 saturated heterocycles. The van der Waals surface area contributed by atoms with Gasteiger partial charge in [-0.05, 0) is 37.1 Å². The summed E-state index contributed by atoms with van der Waals surface area (Å²) >= 11 is 3.35. The molecule has 0 atom stereocenters. The minimum absolute atomic E-state index is 0.275. The average molecular weight is 394 g/mol. The van der Waals surface area contributed by atoms with Gasteiger partial charge in [-0.2, -0.15) is 4.98 Å². The molecule has 1 saturated carbocycles. The fraction of sp³-hybridized carbons (Fsp3) is 0.438. The maximum Gasteiger partial charge on any atom is 0.319 e. The van der Waals surface area contributed by atoms with Crippen LogP contribution in [0.25, 0.3) is 0 Å². The van der Waals surface area contributed by atoms with E-state index in [1.165, 1.54) is 0 Å². The van der Waals surface area contributed by atoms with Crippen molar-refractivity contribution in [3.8, 4) is 0 Å². The molecule has 0 unspecified atom stereocenters. The largest absolute Gasteiger partial charge is 0.339 e. The van der Waals surface area contributed by atoms with E-state index in [4.69, 9.17) is 10.3 Å². The highest BCUT2D eigenvalue weighted by atomic mass is 79.9. The number of carbonyl (C=O) groups is 1. The SMILES string of the molecule is NC1(c2noc(CCNC(=O)Nc3ccc(Br)cc3)n2)CCCC1. The summed E-state index contributed by atoms with van der Waals surface area (Å²) in [4.78, 5) is 16.2. The van der Waals surface area contributed by atoms with Crippen molar-refractivity contribution in [3.63, 3.8) is 0 Å². The normalized spacial score (nSPS) is 16.1. The topological polar surface area (TPSA) is 106 Å². The smallest absolute Gasteiger partial charge is 0.319 e. The van der Waals surface area contributed by atoms with Crippen LogP contribution in [0.3, 0.4) is 0 Å². The summed E-state index contributed by atoms with van der Waals surface area (Å²) in [6.45, 7) is 0.404. The maximum atomic E-state index is 11.8. The molecule has 2 amide bonds. The van der Waals surface area contributed by atoms with E-state index in [-0.39, 0.29) is 6.03 Å². The number of rotatable bonds is 5. The fourth-order valence-corrected chi connectivity index (χ4v) is 3.04. The third kappa shape index (κ3) is 4.12. The molecule has 1 aliphatic carbocycles. The van der Waals surface area contributed by atoms with Gasteiger partial charge >= 0.3 is 6.03 Å². The molecule has 128 valence electrons. The van der Waals surface area contributed by atoms with E-state index in [1.807, 2.05) is 24.3 Å². The minimum Gasteiger partial charge on any atom is -0.339 e. The van der Waals surface area contributed by atoms with Gasteiger partial charge in [-0.15, -0.1) is 0 Å². The molecular weight excluding hydrogens is 374 g/mol. The van der Waals surface area contributed by atoms with Gasteiger partial charge in [-0.3, -0.25) is 0 Å². The summed E-state index contributed by atoms with van der Waals surface area (Å²) < 4.78 is 6.20. The number of anilines is 1. The van der Waals surface area contributed by atoms with Crippen LogP contribution in [0, 0.1) is 0 Å². The van der Waals surface area contributed by atoms with E-state index in [0.717, 1.165) is 35.8 Å². The molecule has 1 aliphatic rings. The number of urea groups is 1. The van der Waals surface area contributed by atoms with Crippen molar-refractivity contribution in [2.24, 2.45) is 5.73 Å². The Labute approximate surface area is 148 Å². The molecule has 4 N–H and O–H groups in total. The van der Waals surface area contributed by atoms with Gasteiger partial charge in [-0.25, -0.2) is 4.79 Å². The number of halogens is 1. The lowest BCUT2D eigenvalue weighted by atomic mass is 9.99. The second kappa shape index (κ2) is 7.31. The Morgan fingerprint density at radius 2 is 2.00 bits per heavy atom. The van der Waals surface area contributed by atoms with Crippen molar-refractivity contribution < 1.29 is 9.32 Å². The van der Waals surface area contributed by atoms with E-state index in [2.05, 4.69) is 36.7 Å². The van der Waals surface area contributed by atoms with Crippen molar-refractivity contribution in [2.45, 2.75) is 37.6 Å². The Kier molecular flexibility index (Phi) is 5.15. The highest BCUT2D eigenvalue weighted by molar-refractivity contribution is 9.10. The van der Waals surface area contributed by atoms with Crippen LogP contribution in [-0.4, -0.2) is 22.7 Å². The van der Waals surface area contributed by atoms with Crippen LogP contribution in [0.4, 0.5) is 10.5 Å². The molecule has 1 aromatic carbocycles. The van der Waals surface area contributed by atoms with Crippen LogP contribution >= 0.6 is 15.9 Å². The number of nitrogens with one attached hydrogen (secondary N) is 2. The molecule has 8 heteroatoms. The number of hydrogen-bond donors (Lipinski definition) is 3. The Hall–Kier alpha value is -1.93. The second-order valence-corrected chi connectivity index (χ2v) is 6.93. The van der Waals surface area contributed by atoms with E-state index in [0.29, 0.717) is 24.7 Å².